The molecule has 0 saturated carbocycles. The van der Waals surface area contributed by atoms with Crippen molar-refractivity contribution >= 4 is 0 Å². The Bertz CT molecular complexity index is 662. The van der Waals surface area contributed by atoms with E-state index >= 15 is 0 Å². The van der Waals surface area contributed by atoms with E-state index in [0.717, 1.165) is 11.1 Å². The quantitative estimate of drug-likeness (QED) is 0.673. The predicted octanol–water partition coefficient (Wildman–Crippen LogP) is 1.77. The van der Waals surface area contributed by atoms with Gasteiger partial charge >= 0.3 is 0 Å². The van der Waals surface area contributed by atoms with Crippen LogP contribution in [0, 0.1) is 0 Å². The number of rotatable bonds is 2. The maximum absolute atomic E-state index is 9.99. The molecule has 6 nitrogen and oxygen atoms in total. The maximum Gasteiger partial charge on any atom is 0.138 e. The van der Waals surface area contributed by atoms with Crippen molar-refractivity contribution in [2.24, 2.45) is 0 Å². The van der Waals surface area contributed by atoms with Gasteiger partial charge in [-0.1, -0.05) is 36.4 Å². The van der Waals surface area contributed by atoms with Gasteiger partial charge in [0, 0.05) is 11.1 Å². The molecule has 0 spiro atoms. The molecule has 4 atom stereocenters. The van der Waals surface area contributed by atoms with Crippen LogP contribution in [0.3, 0.4) is 0 Å². The number of hydrogen-bond acceptors (Lipinski definition) is 6. The molecule has 0 unspecified atom stereocenters. The third-order valence-corrected chi connectivity index (χ3v) is 4.54. The Hall–Kier alpha value is -2.12. The molecular formula is C18H20N2O4. The van der Waals surface area contributed by atoms with Crippen molar-refractivity contribution in [2.45, 2.75) is 24.5 Å². The highest BCUT2D eigenvalue weighted by Crippen LogP contribution is 2.32. The second-order valence-electron chi connectivity index (χ2n) is 6.09. The largest absolute Gasteiger partial charge is 0.508 e. The molecule has 126 valence electrons. The van der Waals surface area contributed by atoms with Gasteiger partial charge < -0.3 is 19.7 Å². The summed E-state index contributed by atoms with van der Waals surface area (Å²) in [5, 5.41) is 26.7. The van der Waals surface area contributed by atoms with E-state index in [1.165, 1.54) is 0 Å². The van der Waals surface area contributed by atoms with Gasteiger partial charge in [-0.15, -0.1) is 0 Å². The van der Waals surface area contributed by atoms with Gasteiger partial charge in [0.2, 0.25) is 0 Å². The van der Waals surface area contributed by atoms with Gasteiger partial charge in [-0.2, -0.15) is 0 Å². The Balaban J connectivity index is 1.46. The lowest BCUT2D eigenvalue weighted by Crippen LogP contribution is -2.62. The second-order valence-corrected chi connectivity index (χ2v) is 6.09. The summed E-state index contributed by atoms with van der Waals surface area (Å²) in [5.74, 6) is 0.426. The molecule has 2 aromatic carbocycles. The molecule has 2 saturated heterocycles. The summed E-state index contributed by atoms with van der Waals surface area (Å²) in [6.07, 6.45) is -0.723. The number of ether oxygens (including phenoxy) is 2. The van der Waals surface area contributed by atoms with Crippen LogP contribution in [0.25, 0.3) is 0 Å². The average molecular weight is 328 g/mol. The molecule has 4 rings (SSSR count). The van der Waals surface area contributed by atoms with E-state index in [4.69, 9.17) is 9.47 Å². The van der Waals surface area contributed by atoms with Crippen molar-refractivity contribution in [3.8, 4) is 11.5 Å². The van der Waals surface area contributed by atoms with Crippen molar-refractivity contribution < 1.29 is 19.7 Å². The molecule has 0 amide bonds. The van der Waals surface area contributed by atoms with Crippen molar-refractivity contribution in [1.29, 1.82) is 0 Å². The fraction of sp³-hybridized carbons (Fsp3) is 0.333. The highest BCUT2D eigenvalue weighted by Gasteiger charge is 2.38. The van der Waals surface area contributed by atoms with E-state index in [9.17, 15) is 10.2 Å². The van der Waals surface area contributed by atoms with Gasteiger partial charge in [0.1, 0.15) is 24.0 Å². The summed E-state index contributed by atoms with van der Waals surface area (Å²) in [6, 6.07) is 14.4. The number of fused-ring (bicyclic) bond motifs is 1. The van der Waals surface area contributed by atoms with Gasteiger partial charge in [-0.3, -0.25) is 10.6 Å². The normalized spacial score (nSPS) is 29.8. The molecule has 2 aromatic rings. The van der Waals surface area contributed by atoms with Gasteiger partial charge in [0.15, 0.2) is 0 Å². The summed E-state index contributed by atoms with van der Waals surface area (Å²) in [4.78, 5) is 0. The predicted molar refractivity (Wildman–Crippen MR) is 87.4 cm³/mol. The lowest BCUT2D eigenvalue weighted by molar-refractivity contribution is -0.116. The topological polar surface area (TPSA) is 83.0 Å². The molecular weight excluding hydrogens is 308 g/mol. The lowest BCUT2D eigenvalue weighted by Gasteiger charge is -2.43. The molecule has 0 aliphatic carbocycles. The van der Waals surface area contributed by atoms with Crippen LogP contribution in [0.1, 0.15) is 23.6 Å². The number of phenols is 2. The second kappa shape index (κ2) is 6.41. The Morgan fingerprint density at radius 1 is 0.708 bits per heavy atom. The summed E-state index contributed by atoms with van der Waals surface area (Å²) < 4.78 is 11.8. The SMILES string of the molecule is Oc1ccccc1[C@@H]1N[C@@H]2CO[C@H](c3ccccc3O)N[C@@H]2CO1. The summed E-state index contributed by atoms with van der Waals surface area (Å²) in [7, 11) is 0. The number of nitrogens with one attached hydrogen (secondary N) is 2. The Morgan fingerprint density at radius 2 is 1.12 bits per heavy atom. The minimum absolute atomic E-state index is 0.0606. The van der Waals surface area contributed by atoms with Crippen LogP contribution < -0.4 is 10.6 Å². The van der Waals surface area contributed by atoms with E-state index in [2.05, 4.69) is 10.6 Å². The lowest BCUT2D eigenvalue weighted by atomic mass is 10.0. The third-order valence-electron chi connectivity index (χ3n) is 4.54. The van der Waals surface area contributed by atoms with Crippen LogP contribution in [0.15, 0.2) is 48.5 Å². The van der Waals surface area contributed by atoms with Crippen molar-refractivity contribution in [3.63, 3.8) is 0 Å². The van der Waals surface area contributed by atoms with Crippen LogP contribution in [-0.2, 0) is 9.47 Å². The number of aromatic hydroxyl groups is 2. The smallest absolute Gasteiger partial charge is 0.138 e. The number of phenolic OH excluding ortho intramolecular Hbond substituents is 2. The zero-order valence-corrected chi connectivity index (χ0v) is 13.1. The standard InChI is InChI=1S/C18H20N2O4/c21-15-7-3-1-5-11(15)17-19-13-10-24-18(20-14(13)9-23-17)12-6-2-4-8-16(12)22/h1-8,13-14,17-22H,9-10H2/t13-,14-,17-,18-/m1/s1. The first kappa shape index (κ1) is 15.4. The monoisotopic (exact) mass is 328 g/mol. The Labute approximate surface area is 140 Å². The molecule has 0 radical (unpaired) electrons. The third kappa shape index (κ3) is 2.85. The van der Waals surface area contributed by atoms with Crippen LogP contribution in [0.4, 0.5) is 0 Å². The van der Waals surface area contributed by atoms with Crippen LogP contribution >= 0.6 is 0 Å². The van der Waals surface area contributed by atoms with Crippen LogP contribution in [-0.4, -0.2) is 35.5 Å². The highest BCUT2D eigenvalue weighted by atomic mass is 16.5. The van der Waals surface area contributed by atoms with Gasteiger partial charge in [0.05, 0.1) is 25.3 Å². The molecule has 0 aromatic heterocycles. The van der Waals surface area contributed by atoms with E-state index in [0.29, 0.717) is 13.2 Å². The molecule has 2 fully saturated rings. The molecule has 4 N–H and O–H groups in total. The van der Waals surface area contributed by atoms with Gasteiger partial charge in [-0.05, 0) is 12.1 Å². The van der Waals surface area contributed by atoms with Crippen molar-refractivity contribution in [1.82, 2.24) is 10.6 Å². The summed E-state index contributed by atoms with van der Waals surface area (Å²) >= 11 is 0. The number of benzene rings is 2. The molecule has 2 aliphatic heterocycles. The minimum Gasteiger partial charge on any atom is -0.508 e. The Morgan fingerprint density at radius 3 is 1.54 bits per heavy atom. The summed E-state index contributed by atoms with van der Waals surface area (Å²) in [5.41, 5.74) is 1.44. The van der Waals surface area contributed by atoms with Gasteiger partial charge in [0.25, 0.3) is 0 Å². The fourth-order valence-corrected chi connectivity index (χ4v) is 3.22. The van der Waals surface area contributed by atoms with E-state index < -0.39 is 0 Å². The first-order valence-electron chi connectivity index (χ1n) is 8.03. The van der Waals surface area contributed by atoms with E-state index in [-0.39, 0.29) is 36.0 Å². The first-order chi connectivity index (χ1) is 11.7. The maximum atomic E-state index is 9.99. The molecule has 2 heterocycles. The zero-order chi connectivity index (χ0) is 16.5. The number of para-hydroxylation sites is 2. The molecule has 24 heavy (non-hydrogen) atoms. The van der Waals surface area contributed by atoms with Crippen LogP contribution in [0.2, 0.25) is 0 Å². The van der Waals surface area contributed by atoms with E-state index in [1.54, 1.807) is 24.3 Å². The fourth-order valence-electron chi connectivity index (χ4n) is 3.22. The van der Waals surface area contributed by atoms with Gasteiger partial charge in [-0.25, -0.2) is 0 Å². The van der Waals surface area contributed by atoms with Crippen LogP contribution in [0.5, 0.6) is 11.5 Å². The zero-order valence-electron chi connectivity index (χ0n) is 13.1. The minimum atomic E-state index is -0.362. The molecule has 0 bridgehead atoms. The first-order valence-corrected chi connectivity index (χ1v) is 8.03. The van der Waals surface area contributed by atoms with Crippen molar-refractivity contribution in [3.05, 3.63) is 59.7 Å². The average Bonchev–Trinajstić information content (AvgIpc) is 2.62. The van der Waals surface area contributed by atoms with Crippen molar-refractivity contribution in [2.75, 3.05) is 13.2 Å². The molecule has 6 heteroatoms. The Kier molecular flexibility index (Phi) is 4.12. The number of hydrogen-bond donors (Lipinski definition) is 4. The highest BCUT2D eigenvalue weighted by molar-refractivity contribution is 5.35. The summed E-state index contributed by atoms with van der Waals surface area (Å²) in [6.45, 7) is 0.980. The van der Waals surface area contributed by atoms with E-state index in [1.807, 2.05) is 24.3 Å². The molecule has 2 aliphatic rings.